The van der Waals surface area contributed by atoms with E-state index in [1.165, 1.54) is 0 Å². The minimum absolute atomic E-state index is 0.575. The van der Waals surface area contributed by atoms with Gasteiger partial charge >= 0.3 is 0 Å². The summed E-state index contributed by atoms with van der Waals surface area (Å²) in [5, 5.41) is 3.51. The van der Waals surface area contributed by atoms with Crippen LogP contribution in [-0.2, 0) is 0 Å². The molecule has 2 saturated heterocycles. The quantitative estimate of drug-likeness (QED) is 0.887. The van der Waals surface area contributed by atoms with Gasteiger partial charge in [0.2, 0.25) is 5.88 Å². The molecule has 3 heterocycles. The summed E-state index contributed by atoms with van der Waals surface area (Å²) in [5.41, 5.74) is 0. The average molecular weight is 276 g/mol. The van der Waals surface area contributed by atoms with Crippen molar-refractivity contribution in [2.24, 2.45) is 11.8 Å². The molecule has 5 heteroatoms. The molecule has 0 saturated carbocycles. The van der Waals surface area contributed by atoms with Crippen LogP contribution in [0.4, 0.5) is 5.82 Å². The summed E-state index contributed by atoms with van der Waals surface area (Å²) < 4.78 is 5.61. The van der Waals surface area contributed by atoms with Crippen LogP contribution < -0.4 is 15.0 Å². The third kappa shape index (κ3) is 2.46. The maximum absolute atomic E-state index is 5.61. The normalized spacial score (nSPS) is 28.7. The monoisotopic (exact) mass is 276 g/mol. The fourth-order valence-corrected chi connectivity index (χ4v) is 3.56. The third-order valence-electron chi connectivity index (χ3n) is 4.48. The van der Waals surface area contributed by atoms with Crippen molar-refractivity contribution in [1.82, 2.24) is 15.3 Å². The highest BCUT2D eigenvalue weighted by Crippen LogP contribution is 2.36. The van der Waals surface area contributed by atoms with Gasteiger partial charge in [0.25, 0.3) is 0 Å². The summed E-state index contributed by atoms with van der Waals surface area (Å²) in [6, 6.07) is 0.575. The van der Waals surface area contributed by atoms with Gasteiger partial charge in [-0.05, 0) is 24.7 Å². The lowest BCUT2D eigenvalue weighted by Gasteiger charge is -2.27. The Morgan fingerprint density at radius 3 is 3.05 bits per heavy atom. The molecule has 110 valence electrons. The lowest BCUT2D eigenvalue weighted by Crippen LogP contribution is -2.35. The minimum atomic E-state index is 0.575. The van der Waals surface area contributed by atoms with E-state index in [1.54, 1.807) is 6.20 Å². The van der Waals surface area contributed by atoms with Gasteiger partial charge in [0.15, 0.2) is 5.82 Å². The van der Waals surface area contributed by atoms with Crippen molar-refractivity contribution in [1.29, 1.82) is 0 Å². The second-order valence-electron chi connectivity index (χ2n) is 5.77. The van der Waals surface area contributed by atoms with Crippen molar-refractivity contribution in [3.8, 4) is 5.88 Å². The summed E-state index contributed by atoms with van der Waals surface area (Å²) in [6.45, 7) is 8.42. The zero-order valence-electron chi connectivity index (χ0n) is 12.4. The van der Waals surface area contributed by atoms with Gasteiger partial charge in [-0.1, -0.05) is 13.8 Å². The van der Waals surface area contributed by atoms with E-state index in [4.69, 9.17) is 4.74 Å². The second-order valence-corrected chi connectivity index (χ2v) is 5.77. The molecule has 5 nitrogen and oxygen atoms in total. The lowest BCUT2D eigenvalue weighted by molar-refractivity contribution is 0.304. The molecule has 0 amide bonds. The van der Waals surface area contributed by atoms with Crippen LogP contribution in [0.5, 0.6) is 5.88 Å². The Morgan fingerprint density at radius 2 is 2.25 bits per heavy atom. The van der Waals surface area contributed by atoms with Crippen molar-refractivity contribution < 1.29 is 4.74 Å². The first-order chi connectivity index (χ1) is 9.83. The van der Waals surface area contributed by atoms with E-state index in [0.29, 0.717) is 18.5 Å². The number of hydrogen-bond acceptors (Lipinski definition) is 5. The summed E-state index contributed by atoms with van der Waals surface area (Å²) in [6.07, 6.45) is 5.72. The first-order valence-electron chi connectivity index (χ1n) is 7.75. The molecule has 3 atom stereocenters. The molecule has 1 aromatic heterocycles. The van der Waals surface area contributed by atoms with E-state index in [9.17, 15) is 0 Å². The largest absolute Gasteiger partial charge is 0.477 e. The van der Waals surface area contributed by atoms with Crippen LogP contribution >= 0.6 is 0 Å². The lowest BCUT2D eigenvalue weighted by atomic mass is 9.93. The highest BCUT2D eigenvalue weighted by molar-refractivity contribution is 5.42. The summed E-state index contributed by atoms with van der Waals surface area (Å²) in [5.74, 6) is 3.12. The van der Waals surface area contributed by atoms with E-state index in [-0.39, 0.29) is 0 Å². The number of hydrogen-bond donors (Lipinski definition) is 1. The molecule has 3 rings (SSSR count). The van der Waals surface area contributed by atoms with Gasteiger partial charge in [-0.15, -0.1) is 0 Å². The topological polar surface area (TPSA) is 50.3 Å². The van der Waals surface area contributed by atoms with Gasteiger partial charge in [0, 0.05) is 25.7 Å². The molecule has 0 aliphatic carbocycles. The molecule has 0 bridgehead atoms. The molecular weight excluding hydrogens is 252 g/mol. The molecular formula is C15H24N4O. The molecule has 1 N–H and O–H groups in total. The van der Waals surface area contributed by atoms with Crippen molar-refractivity contribution in [3.05, 3.63) is 12.4 Å². The summed E-state index contributed by atoms with van der Waals surface area (Å²) >= 11 is 0. The van der Waals surface area contributed by atoms with Crippen molar-refractivity contribution in [2.45, 2.75) is 32.7 Å². The fourth-order valence-electron chi connectivity index (χ4n) is 3.56. The zero-order chi connectivity index (χ0) is 13.9. The van der Waals surface area contributed by atoms with Gasteiger partial charge in [0.05, 0.1) is 19.0 Å². The molecule has 1 aromatic rings. The molecule has 0 radical (unpaired) electrons. The van der Waals surface area contributed by atoms with E-state index in [2.05, 4.69) is 34.0 Å². The average Bonchev–Trinajstić information content (AvgIpc) is 3.05. The van der Waals surface area contributed by atoms with Crippen LogP contribution in [0.3, 0.4) is 0 Å². The Kier molecular flexibility index (Phi) is 4.05. The van der Waals surface area contributed by atoms with Crippen LogP contribution in [0.15, 0.2) is 12.4 Å². The zero-order valence-corrected chi connectivity index (χ0v) is 12.4. The van der Waals surface area contributed by atoms with Crippen LogP contribution in [0.2, 0.25) is 0 Å². The first-order valence-corrected chi connectivity index (χ1v) is 7.75. The van der Waals surface area contributed by atoms with Crippen LogP contribution in [0.25, 0.3) is 0 Å². The number of nitrogens with one attached hydrogen (secondary N) is 1. The van der Waals surface area contributed by atoms with E-state index >= 15 is 0 Å². The Morgan fingerprint density at radius 1 is 1.35 bits per heavy atom. The molecule has 2 aliphatic rings. The number of ether oxygens (including phenoxy) is 1. The molecule has 20 heavy (non-hydrogen) atoms. The fraction of sp³-hybridized carbons (Fsp3) is 0.733. The Balaban J connectivity index is 1.78. The SMILES string of the molecule is CCCOc1cncc(N2CC3CNCC3C2CC)n1. The highest BCUT2D eigenvalue weighted by atomic mass is 16.5. The Bertz CT molecular complexity index is 453. The maximum atomic E-state index is 5.61. The highest BCUT2D eigenvalue weighted by Gasteiger charge is 2.43. The maximum Gasteiger partial charge on any atom is 0.234 e. The van der Waals surface area contributed by atoms with Crippen LogP contribution in [0.1, 0.15) is 26.7 Å². The summed E-state index contributed by atoms with van der Waals surface area (Å²) in [7, 11) is 0. The van der Waals surface area contributed by atoms with E-state index < -0.39 is 0 Å². The molecule has 2 fully saturated rings. The molecule has 2 aliphatic heterocycles. The minimum Gasteiger partial charge on any atom is -0.477 e. The van der Waals surface area contributed by atoms with Crippen molar-refractivity contribution in [2.75, 3.05) is 31.1 Å². The Hall–Kier alpha value is -1.36. The van der Waals surface area contributed by atoms with Crippen molar-refractivity contribution in [3.63, 3.8) is 0 Å². The van der Waals surface area contributed by atoms with Crippen molar-refractivity contribution >= 4 is 5.82 Å². The number of rotatable bonds is 5. The number of anilines is 1. The number of nitrogens with zero attached hydrogens (tertiary/aromatic N) is 3. The number of fused-ring (bicyclic) bond motifs is 1. The number of aromatic nitrogens is 2. The van der Waals surface area contributed by atoms with Gasteiger partial charge in [-0.25, -0.2) is 0 Å². The standard InChI is InChI=1S/C15H24N4O/c1-3-5-20-15-9-17-8-14(18-15)19-10-11-6-16-7-12(11)13(19)4-2/h8-9,11-13,16H,3-7,10H2,1-2H3. The van der Waals surface area contributed by atoms with Gasteiger partial charge in [-0.3, -0.25) is 4.98 Å². The van der Waals surface area contributed by atoms with Gasteiger partial charge in [-0.2, -0.15) is 4.98 Å². The molecule has 3 unspecified atom stereocenters. The second kappa shape index (κ2) is 5.95. The smallest absolute Gasteiger partial charge is 0.234 e. The van der Waals surface area contributed by atoms with Gasteiger partial charge in [0.1, 0.15) is 0 Å². The summed E-state index contributed by atoms with van der Waals surface area (Å²) in [4.78, 5) is 11.4. The van der Waals surface area contributed by atoms with E-state index in [0.717, 1.165) is 50.1 Å². The predicted molar refractivity (Wildman–Crippen MR) is 79.1 cm³/mol. The predicted octanol–water partition coefficient (Wildman–Crippen LogP) is 1.70. The third-order valence-corrected chi connectivity index (χ3v) is 4.48. The molecule has 0 aromatic carbocycles. The first kappa shape index (κ1) is 13.6. The van der Waals surface area contributed by atoms with E-state index in [1.807, 2.05) is 6.20 Å². The van der Waals surface area contributed by atoms with Crippen LogP contribution in [0, 0.1) is 11.8 Å². The van der Waals surface area contributed by atoms with Crippen LogP contribution in [-0.4, -0.2) is 42.3 Å². The Labute approximate surface area is 120 Å². The van der Waals surface area contributed by atoms with Gasteiger partial charge < -0.3 is 15.0 Å². The molecule has 0 spiro atoms.